The summed E-state index contributed by atoms with van der Waals surface area (Å²) in [6, 6.07) is 8.15. The van der Waals surface area contributed by atoms with Crippen molar-refractivity contribution >= 4 is 0 Å². The molecule has 0 spiro atoms. The summed E-state index contributed by atoms with van der Waals surface area (Å²) in [7, 11) is 0. The lowest BCUT2D eigenvalue weighted by atomic mass is 9.92. The van der Waals surface area contributed by atoms with Gasteiger partial charge in [-0.15, -0.1) is 0 Å². The van der Waals surface area contributed by atoms with Crippen molar-refractivity contribution in [2.45, 2.75) is 19.4 Å². The zero-order valence-corrected chi connectivity index (χ0v) is 7.67. The van der Waals surface area contributed by atoms with E-state index in [-0.39, 0.29) is 0 Å². The summed E-state index contributed by atoms with van der Waals surface area (Å²) >= 11 is 0. The fourth-order valence-corrected chi connectivity index (χ4v) is 1.12. The highest BCUT2D eigenvalue weighted by Crippen LogP contribution is 2.16. The molecule has 0 aliphatic heterocycles. The maximum Gasteiger partial charge on any atom is 0.0505 e. The van der Waals surface area contributed by atoms with Crippen LogP contribution in [0.1, 0.15) is 18.1 Å². The largest absolute Gasteiger partial charge is 0.328 e. The van der Waals surface area contributed by atoms with Gasteiger partial charge in [0.25, 0.3) is 0 Å². The van der Waals surface area contributed by atoms with Gasteiger partial charge in [-0.05, 0) is 19.4 Å². The Kier molecular flexibility index (Phi) is 2.50. The normalized spacial score (nSPS) is 15.7. The molecule has 1 aromatic carbocycles. The predicted octanol–water partition coefficient (Wildman–Crippen LogP) is 1.13. The molecule has 0 radical (unpaired) electrons. The van der Waals surface area contributed by atoms with E-state index in [1.807, 2.05) is 19.1 Å². The molecule has 1 aromatic rings. The average molecular weight is 164 g/mol. The summed E-state index contributed by atoms with van der Waals surface area (Å²) in [6.07, 6.45) is 0. The van der Waals surface area contributed by atoms with Gasteiger partial charge in [-0.2, -0.15) is 0 Å². The first-order valence-electron chi connectivity index (χ1n) is 4.12. The first-order chi connectivity index (χ1) is 5.56. The Bertz CT molecular complexity index is 266. The van der Waals surface area contributed by atoms with Crippen molar-refractivity contribution in [2.24, 2.45) is 11.5 Å². The Morgan fingerprint density at radius 2 is 2.08 bits per heavy atom. The molecule has 2 heteroatoms. The van der Waals surface area contributed by atoms with Crippen LogP contribution in [0.4, 0.5) is 0 Å². The van der Waals surface area contributed by atoms with Crippen LogP contribution in [-0.2, 0) is 5.54 Å². The number of nitrogens with two attached hydrogens (primary N) is 2. The van der Waals surface area contributed by atoms with Crippen LogP contribution < -0.4 is 11.5 Å². The topological polar surface area (TPSA) is 52.0 Å². The third-order valence-corrected chi connectivity index (χ3v) is 2.10. The highest BCUT2D eigenvalue weighted by atomic mass is 14.8. The van der Waals surface area contributed by atoms with Crippen molar-refractivity contribution < 1.29 is 0 Å². The molecule has 4 N–H and O–H groups in total. The summed E-state index contributed by atoms with van der Waals surface area (Å²) in [4.78, 5) is 0. The molecule has 1 atom stereocenters. The fraction of sp³-hybridized carbons (Fsp3) is 0.400. The van der Waals surface area contributed by atoms with Gasteiger partial charge in [0.1, 0.15) is 0 Å². The Labute approximate surface area is 73.6 Å². The van der Waals surface area contributed by atoms with Crippen LogP contribution >= 0.6 is 0 Å². The zero-order chi connectivity index (χ0) is 9.19. The number of hydrogen-bond acceptors (Lipinski definition) is 2. The van der Waals surface area contributed by atoms with Crippen molar-refractivity contribution in [1.29, 1.82) is 0 Å². The molecule has 0 aliphatic rings. The van der Waals surface area contributed by atoms with Crippen LogP contribution in [0.3, 0.4) is 0 Å². The van der Waals surface area contributed by atoms with E-state index in [9.17, 15) is 0 Å². The van der Waals surface area contributed by atoms with Crippen LogP contribution in [0, 0.1) is 6.92 Å². The molecule has 0 aliphatic carbocycles. The van der Waals surface area contributed by atoms with E-state index < -0.39 is 5.54 Å². The van der Waals surface area contributed by atoms with Crippen molar-refractivity contribution in [3.63, 3.8) is 0 Å². The lowest BCUT2D eigenvalue weighted by molar-refractivity contribution is 0.507. The second-order valence-electron chi connectivity index (χ2n) is 3.49. The lowest BCUT2D eigenvalue weighted by Crippen LogP contribution is -2.40. The molecule has 12 heavy (non-hydrogen) atoms. The maximum absolute atomic E-state index is 5.98. The van der Waals surface area contributed by atoms with E-state index in [0.717, 1.165) is 5.56 Å². The van der Waals surface area contributed by atoms with Crippen LogP contribution in [0.25, 0.3) is 0 Å². The summed E-state index contributed by atoms with van der Waals surface area (Å²) in [6.45, 7) is 4.47. The van der Waals surface area contributed by atoms with Crippen molar-refractivity contribution in [3.8, 4) is 0 Å². The van der Waals surface area contributed by atoms with E-state index >= 15 is 0 Å². The first kappa shape index (κ1) is 9.23. The number of aryl methyl sites for hydroxylation is 1. The molecule has 1 unspecified atom stereocenters. The second kappa shape index (κ2) is 3.25. The molecule has 1 rings (SSSR count). The molecule has 0 saturated carbocycles. The van der Waals surface area contributed by atoms with E-state index in [2.05, 4.69) is 19.1 Å². The Morgan fingerprint density at radius 3 is 2.58 bits per heavy atom. The molecule has 0 saturated heterocycles. The van der Waals surface area contributed by atoms with E-state index in [1.165, 1.54) is 5.56 Å². The molecular weight excluding hydrogens is 148 g/mol. The zero-order valence-electron chi connectivity index (χ0n) is 7.67. The highest BCUT2D eigenvalue weighted by Gasteiger charge is 2.18. The van der Waals surface area contributed by atoms with Crippen molar-refractivity contribution in [3.05, 3.63) is 35.4 Å². The van der Waals surface area contributed by atoms with Crippen LogP contribution in [0.5, 0.6) is 0 Å². The van der Waals surface area contributed by atoms with E-state index in [4.69, 9.17) is 11.5 Å². The van der Waals surface area contributed by atoms with Crippen LogP contribution in [0.2, 0.25) is 0 Å². The molecule has 66 valence electrons. The summed E-state index contributed by atoms with van der Waals surface area (Å²) in [5, 5.41) is 0. The summed E-state index contributed by atoms with van der Waals surface area (Å²) in [5.74, 6) is 0. The Hall–Kier alpha value is -0.860. The van der Waals surface area contributed by atoms with Gasteiger partial charge in [0.2, 0.25) is 0 Å². The standard InChI is InChI=1S/C10H16N2/c1-8-4-3-5-9(6-8)10(2,12)7-11/h3-6H,7,11-12H2,1-2H3. The van der Waals surface area contributed by atoms with Gasteiger partial charge in [0.15, 0.2) is 0 Å². The molecule has 0 heterocycles. The van der Waals surface area contributed by atoms with Gasteiger partial charge in [0, 0.05) is 6.54 Å². The molecule has 0 bridgehead atoms. The fourth-order valence-electron chi connectivity index (χ4n) is 1.12. The van der Waals surface area contributed by atoms with E-state index in [0.29, 0.717) is 6.54 Å². The van der Waals surface area contributed by atoms with Gasteiger partial charge in [-0.25, -0.2) is 0 Å². The maximum atomic E-state index is 5.98. The molecule has 0 amide bonds. The number of hydrogen-bond donors (Lipinski definition) is 2. The minimum atomic E-state index is -0.397. The smallest absolute Gasteiger partial charge is 0.0505 e. The van der Waals surface area contributed by atoms with Crippen LogP contribution in [0.15, 0.2) is 24.3 Å². The third kappa shape index (κ3) is 1.84. The predicted molar refractivity (Wildman–Crippen MR) is 51.8 cm³/mol. The van der Waals surface area contributed by atoms with Gasteiger partial charge < -0.3 is 11.5 Å². The van der Waals surface area contributed by atoms with Crippen molar-refractivity contribution in [1.82, 2.24) is 0 Å². The highest BCUT2D eigenvalue weighted by molar-refractivity contribution is 5.28. The summed E-state index contributed by atoms with van der Waals surface area (Å²) in [5.41, 5.74) is 13.5. The minimum Gasteiger partial charge on any atom is -0.328 e. The monoisotopic (exact) mass is 164 g/mol. The van der Waals surface area contributed by atoms with Gasteiger partial charge in [-0.1, -0.05) is 29.8 Å². The van der Waals surface area contributed by atoms with Gasteiger partial charge >= 0.3 is 0 Å². The van der Waals surface area contributed by atoms with Crippen LogP contribution in [-0.4, -0.2) is 6.54 Å². The third-order valence-electron chi connectivity index (χ3n) is 2.10. The lowest BCUT2D eigenvalue weighted by Gasteiger charge is -2.23. The summed E-state index contributed by atoms with van der Waals surface area (Å²) < 4.78 is 0. The van der Waals surface area contributed by atoms with E-state index in [1.54, 1.807) is 0 Å². The first-order valence-corrected chi connectivity index (χ1v) is 4.12. The molecule has 2 nitrogen and oxygen atoms in total. The van der Waals surface area contributed by atoms with Gasteiger partial charge in [-0.3, -0.25) is 0 Å². The quantitative estimate of drug-likeness (QED) is 0.688. The molecule has 0 fully saturated rings. The molecule has 0 aromatic heterocycles. The molecular formula is C10H16N2. The Morgan fingerprint density at radius 1 is 1.42 bits per heavy atom. The SMILES string of the molecule is Cc1cccc(C(C)(N)CN)c1. The second-order valence-corrected chi connectivity index (χ2v) is 3.49. The average Bonchev–Trinajstić information content (AvgIpc) is 2.05. The van der Waals surface area contributed by atoms with Gasteiger partial charge in [0.05, 0.1) is 5.54 Å². The van der Waals surface area contributed by atoms with Crippen molar-refractivity contribution in [2.75, 3.05) is 6.54 Å². The number of benzene rings is 1. The Balaban J connectivity index is 3.03. The number of rotatable bonds is 2. The minimum absolute atomic E-state index is 0.397.